The fraction of sp³-hybridized carbons (Fsp3) is 0.625. The van der Waals surface area contributed by atoms with Crippen LogP contribution in [0.2, 0.25) is 0 Å². The van der Waals surface area contributed by atoms with Crippen LogP contribution in [0, 0.1) is 12.3 Å². The summed E-state index contributed by atoms with van der Waals surface area (Å²) in [5.74, 6) is 0. The van der Waals surface area contributed by atoms with Gasteiger partial charge in [0, 0.05) is 17.3 Å². The maximum Gasteiger partial charge on any atom is 0.0403 e. The number of aryl methyl sites for hydroxylation is 1. The molecule has 1 saturated heterocycles. The summed E-state index contributed by atoms with van der Waals surface area (Å²) in [6.07, 6.45) is 4.10. The van der Waals surface area contributed by atoms with E-state index in [1.54, 1.807) is 0 Å². The van der Waals surface area contributed by atoms with E-state index in [-0.39, 0.29) is 0 Å². The molecule has 0 radical (unpaired) electrons. The molecule has 0 spiro atoms. The molecule has 1 nitrogen and oxygen atoms in total. The van der Waals surface area contributed by atoms with Gasteiger partial charge in [-0.15, -0.1) is 0 Å². The van der Waals surface area contributed by atoms with Gasteiger partial charge in [0.25, 0.3) is 0 Å². The van der Waals surface area contributed by atoms with E-state index in [2.05, 4.69) is 56.9 Å². The lowest BCUT2D eigenvalue weighted by Gasteiger charge is -2.44. The van der Waals surface area contributed by atoms with Crippen molar-refractivity contribution in [2.24, 2.45) is 5.41 Å². The van der Waals surface area contributed by atoms with Gasteiger partial charge in [-0.3, -0.25) is 0 Å². The Morgan fingerprint density at radius 2 is 1.88 bits per heavy atom. The normalized spacial score (nSPS) is 40.0. The summed E-state index contributed by atoms with van der Waals surface area (Å²) in [5.41, 5.74) is 3.78. The Morgan fingerprint density at radius 1 is 1.18 bits per heavy atom. The summed E-state index contributed by atoms with van der Waals surface area (Å²) >= 11 is 0. The maximum atomic E-state index is 2.70. The van der Waals surface area contributed by atoms with Crippen LogP contribution in [0.1, 0.15) is 45.6 Å². The molecule has 0 aromatic heterocycles. The monoisotopic (exact) mass is 229 g/mol. The van der Waals surface area contributed by atoms with Gasteiger partial charge in [0.2, 0.25) is 0 Å². The smallest absolute Gasteiger partial charge is 0.0403 e. The third-order valence-electron chi connectivity index (χ3n) is 5.37. The number of benzene rings is 1. The highest BCUT2D eigenvalue weighted by Crippen LogP contribution is 2.59. The molecule has 1 aromatic rings. The SMILES string of the molecule is Cc1ccccc1N1[C@@H](C)C2(C)CCC1(C)C2. The highest BCUT2D eigenvalue weighted by Gasteiger charge is 2.58. The molecule has 2 bridgehead atoms. The molecule has 0 N–H and O–H groups in total. The maximum absolute atomic E-state index is 2.70. The average molecular weight is 229 g/mol. The first-order valence-electron chi connectivity index (χ1n) is 6.81. The van der Waals surface area contributed by atoms with Crippen molar-refractivity contribution in [3.63, 3.8) is 0 Å². The zero-order chi connectivity index (χ0) is 12.3. The number of rotatable bonds is 1. The largest absolute Gasteiger partial charge is 0.363 e. The van der Waals surface area contributed by atoms with Gasteiger partial charge in [-0.05, 0) is 57.1 Å². The molecule has 1 aliphatic heterocycles. The Labute approximate surface area is 105 Å². The molecule has 1 aromatic carbocycles. The van der Waals surface area contributed by atoms with Crippen molar-refractivity contribution >= 4 is 5.69 Å². The topological polar surface area (TPSA) is 3.24 Å². The molecule has 0 amide bonds. The zero-order valence-electron chi connectivity index (χ0n) is 11.5. The lowest BCUT2D eigenvalue weighted by atomic mass is 9.82. The number of hydrogen-bond acceptors (Lipinski definition) is 1. The molecule has 17 heavy (non-hydrogen) atoms. The van der Waals surface area contributed by atoms with Crippen LogP contribution < -0.4 is 4.90 Å². The highest BCUT2D eigenvalue weighted by atomic mass is 15.3. The molecule has 92 valence electrons. The van der Waals surface area contributed by atoms with Crippen LogP contribution in [0.25, 0.3) is 0 Å². The van der Waals surface area contributed by atoms with Crippen molar-refractivity contribution in [2.75, 3.05) is 4.90 Å². The van der Waals surface area contributed by atoms with E-state index in [1.807, 2.05) is 0 Å². The first-order valence-corrected chi connectivity index (χ1v) is 6.81. The molecule has 2 aliphatic rings. The number of para-hydroxylation sites is 1. The molecule has 3 rings (SSSR count). The Bertz CT molecular complexity index is 453. The molecule has 2 unspecified atom stereocenters. The molecule has 1 heterocycles. The van der Waals surface area contributed by atoms with Crippen molar-refractivity contribution in [1.82, 2.24) is 0 Å². The van der Waals surface area contributed by atoms with Gasteiger partial charge in [0.15, 0.2) is 0 Å². The molecular weight excluding hydrogens is 206 g/mol. The quantitative estimate of drug-likeness (QED) is 0.699. The molecule has 3 atom stereocenters. The van der Waals surface area contributed by atoms with Crippen LogP contribution in [-0.4, -0.2) is 11.6 Å². The summed E-state index contributed by atoms with van der Waals surface area (Å²) < 4.78 is 0. The fourth-order valence-electron chi connectivity index (χ4n) is 4.28. The molecular formula is C16H23N. The van der Waals surface area contributed by atoms with Gasteiger partial charge in [0.05, 0.1) is 0 Å². The number of nitrogens with zero attached hydrogens (tertiary/aromatic N) is 1. The lowest BCUT2D eigenvalue weighted by molar-refractivity contribution is 0.290. The summed E-state index contributed by atoms with van der Waals surface area (Å²) in [5, 5.41) is 0. The van der Waals surface area contributed by atoms with Gasteiger partial charge < -0.3 is 4.90 Å². The minimum absolute atomic E-state index is 0.389. The molecule has 2 fully saturated rings. The Balaban J connectivity index is 2.08. The summed E-state index contributed by atoms with van der Waals surface area (Å²) in [6, 6.07) is 9.51. The highest BCUT2D eigenvalue weighted by molar-refractivity contribution is 5.58. The fourth-order valence-corrected chi connectivity index (χ4v) is 4.28. The van der Waals surface area contributed by atoms with Gasteiger partial charge in [-0.1, -0.05) is 25.1 Å². The predicted octanol–water partition coefficient (Wildman–Crippen LogP) is 4.15. The number of anilines is 1. The minimum atomic E-state index is 0.389. The number of piperidine rings is 1. The summed E-state index contributed by atoms with van der Waals surface area (Å²) in [6.45, 7) is 9.58. The van der Waals surface area contributed by atoms with Crippen LogP contribution in [0.3, 0.4) is 0 Å². The van der Waals surface area contributed by atoms with Gasteiger partial charge in [0.1, 0.15) is 0 Å². The first-order chi connectivity index (χ1) is 7.96. The minimum Gasteiger partial charge on any atom is -0.363 e. The van der Waals surface area contributed by atoms with Crippen LogP contribution in [0.4, 0.5) is 5.69 Å². The predicted molar refractivity (Wildman–Crippen MR) is 73.5 cm³/mol. The third-order valence-corrected chi connectivity index (χ3v) is 5.37. The van der Waals surface area contributed by atoms with Gasteiger partial charge in [-0.2, -0.15) is 0 Å². The standard InChI is InChI=1S/C16H23N/c1-12-7-5-6-8-14(12)17-13(2)15(3)9-10-16(17,4)11-15/h5-8,13H,9-11H2,1-4H3/t13-,15?,16?/m0/s1. The Hall–Kier alpha value is -0.980. The van der Waals surface area contributed by atoms with E-state index in [4.69, 9.17) is 0 Å². The second kappa shape index (κ2) is 3.28. The van der Waals surface area contributed by atoms with E-state index in [1.165, 1.54) is 30.5 Å². The lowest BCUT2D eigenvalue weighted by Crippen LogP contribution is -2.48. The van der Waals surface area contributed by atoms with E-state index in [9.17, 15) is 0 Å². The Morgan fingerprint density at radius 3 is 2.47 bits per heavy atom. The number of fused-ring (bicyclic) bond motifs is 2. The summed E-state index contributed by atoms with van der Waals surface area (Å²) in [7, 11) is 0. The van der Waals surface area contributed by atoms with Crippen LogP contribution in [-0.2, 0) is 0 Å². The third kappa shape index (κ3) is 1.38. The summed E-state index contributed by atoms with van der Waals surface area (Å²) in [4.78, 5) is 2.70. The van der Waals surface area contributed by atoms with Crippen molar-refractivity contribution in [3.05, 3.63) is 29.8 Å². The molecule has 1 aliphatic carbocycles. The van der Waals surface area contributed by atoms with Crippen LogP contribution >= 0.6 is 0 Å². The average Bonchev–Trinajstić information content (AvgIpc) is 2.68. The van der Waals surface area contributed by atoms with Crippen molar-refractivity contribution in [2.45, 2.75) is 58.5 Å². The molecule has 1 heteroatoms. The van der Waals surface area contributed by atoms with E-state index < -0.39 is 0 Å². The first kappa shape index (κ1) is 11.1. The molecule has 1 saturated carbocycles. The van der Waals surface area contributed by atoms with E-state index in [0.29, 0.717) is 17.0 Å². The second-order valence-corrected chi connectivity index (χ2v) is 6.66. The number of hydrogen-bond donors (Lipinski definition) is 0. The van der Waals surface area contributed by atoms with Crippen molar-refractivity contribution < 1.29 is 0 Å². The van der Waals surface area contributed by atoms with E-state index >= 15 is 0 Å². The van der Waals surface area contributed by atoms with Crippen LogP contribution in [0.5, 0.6) is 0 Å². The van der Waals surface area contributed by atoms with Crippen molar-refractivity contribution in [3.8, 4) is 0 Å². The van der Waals surface area contributed by atoms with Gasteiger partial charge in [-0.25, -0.2) is 0 Å². The van der Waals surface area contributed by atoms with Gasteiger partial charge >= 0.3 is 0 Å². The second-order valence-electron chi connectivity index (χ2n) is 6.66. The zero-order valence-corrected chi connectivity index (χ0v) is 11.5. The van der Waals surface area contributed by atoms with E-state index in [0.717, 1.165) is 0 Å². The van der Waals surface area contributed by atoms with Crippen LogP contribution in [0.15, 0.2) is 24.3 Å². The van der Waals surface area contributed by atoms with Crippen molar-refractivity contribution in [1.29, 1.82) is 0 Å². The Kier molecular flexibility index (Phi) is 2.14.